The summed E-state index contributed by atoms with van der Waals surface area (Å²) in [5, 5.41) is 1.85. The summed E-state index contributed by atoms with van der Waals surface area (Å²) in [6.07, 6.45) is 3.84. The smallest absolute Gasteiger partial charge is 0.236 e. The molecule has 0 radical (unpaired) electrons. The molecule has 0 spiro atoms. The molecule has 2 saturated heterocycles. The van der Waals surface area contributed by atoms with Crippen molar-refractivity contribution in [2.45, 2.75) is 18.6 Å². The van der Waals surface area contributed by atoms with Gasteiger partial charge in [-0.05, 0) is 46.3 Å². The highest BCUT2D eigenvalue weighted by Crippen LogP contribution is 2.53. The minimum atomic E-state index is -0.744. The monoisotopic (exact) mass is 484 g/mol. The molecule has 2 amide bonds. The third-order valence-electron chi connectivity index (χ3n) is 7.36. The van der Waals surface area contributed by atoms with E-state index >= 15 is 0 Å². The van der Waals surface area contributed by atoms with Gasteiger partial charge in [0.25, 0.3) is 0 Å². The van der Waals surface area contributed by atoms with Crippen molar-refractivity contribution in [3.63, 3.8) is 0 Å². The molecule has 174 valence electrons. The Labute approximate surface area is 205 Å². The summed E-state index contributed by atoms with van der Waals surface area (Å²) in [6.45, 7) is 0.285. The topological polar surface area (TPSA) is 76.1 Å². The maximum Gasteiger partial charge on any atom is 0.236 e. The van der Waals surface area contributed by atoms with Gasteiger partial charge in [0, 0.05) is 6.20 Å². The maximum absolute atomic E-state index is 13.8. The molecule has 0 aliphatic carbocycles. The molecule has 35 heavy (non-hydrogen) atoms. The third-order valence-corrected chi connectivity index (χ3v) is 8.25. The van der Waals surface area contributed by atoms with E-state index in [4.69, 9.17) is 9.47 Å². The molecule has 2 fully saturated rings. The number of nitrogens with zero attached hydrogens (tertiary/aromatic N) is 2. The van der Waals surface area contributed by atoms with Gasteiger partial charge in [-0.25, -0.2) is 0 Å². The summed E-state index contributed by atoms with van der Waals surface area (Å²) in [6, 6.07) is 15.8. The highest BCUT2D eigenvalue weighted by molar-refractivity contribution is 7.12. The highest BCUT2D eigenvalue weighted by atomic mass is 32.1. The number of Topliss-reactive ketones (excluding diaryl/α,β-unsaturated/α-hetero) is 1. The number of thiophene rings is 1. The van der Waals surface area contributed by atoms with Crippen LogP contribution in [0.4, 0.5) is 0 Å². The molecule has 0 N–H and O–H groups in total. The normalized spacial score (nSPS) is 25.6. The molecular formula is C27H20N2O5S. The zero-order valence-corrected chi connectivity index (χ0v) is 19.3. The third kappa shape index (κ3) is 2.93. The lowest BCUT2D eigenvalue weighted by atomic mass is 9.84. The Morgan fingerprint density at radius 1 is 0.971 bits per heavy atom. The van der Waals surface area contributed by atoms with Crippen molar-refractivity contribution >= 4 is 35.0 Å². The maximum atomic E-state index is 13.8. The van der Waals surface area contributed by atoms with Crippen molar-refractivity contribution in [1.29, 1.82) is 0 Å². The van der Waals surface area contributed by atoms with Crippen molar-refractivity contribution in [2.24, 2.45) is 11.8 Å². The van der Waals surface area contributed by atoms with Crippen LogP contribution in [0.2, 0.25) is 0 Å². The Balaban J connectivity index is 1.30. The van der Waals surface area contributed by atoms with Gasteiger partial charge in [0.05, 0.1) is 29.3 Å². The van der Waals surface area contributed by atoms with Gasteiger partial charge in [-0.15, -0.1) is 11.3 Å². The second-order valence-corrected chi connectivity index (χ2v) is 10.1. The van der Waals surface area contributed by atoms with Gasteiger partial charge in [-0.3, -0.25) is 19.3 Å². The molecule has 4 atom stereocenters. The predicted octanol–water partition coefficient (Wildman–Crippen LogP) is 3.87. The number of amides is 2. The Bertz CT molecular complexity index is 1410. The largest absolute Gasteiger partial charge is 0.454 e. The van der Waals surface area contributed by atoms with Gasteiger partial charge >= 0.3 is 0 Å². The number of ketones is 1. The molecule has 4 aliphatic heterocycles. The minimum absolute atomic E-state index is 0.118. The number of carbonyl (C=O) groups is 3. The van der Waals surface area contributed by atoms with Crippen LogP contribution >= 0.6 is 11.3 Å². The van der Waals surface area contributed by atoms with Gasteiger partial charge in [0.1, 0.15) is 6.04 Å². The molecule has 5 heterocycles. The minimum Gasteiger partial charge on any atom is -0.454 e. The van der Waals surface area contributed by atoms with Gasteiger partial charge in [0.2, 0.25) is 18.6 Å². The lowest BCUT2D eigenvalue weighted by Crippen LogP contribution is -2.43. The molecule has 0 bridgehead atoms. The lowest BCUT2D eigenvalue weighted by molar-refractivity contribution is -0.142. The molecule has 1 aromatic heterocycles. The van der Waals surface area contributed by atoms with Crippen LogP contribution < -0.4 is 9.47 Å². The van der Waals surface area contributed by atoms with Crippen LogP contribution in [-0.2, 0) is 16.1 Å². The summed E-state index contributed by atoms with van der Waals surface area (Å²) >= 11 is 1.36. The van der Waals surface area contributed by atoms with E-state index in [-0.39, 0.29) is 37.0 Å². The molecule has 2 aromatic carbocycles. The van der Waals surface area contributed by atoms with Crippen LogP contribution in [0.5, 0.6) is 11.5 Å². The molecular weight excluding hydrogens is 464 g/mol. The number of likely N-dealkylation sites (tertiary alicyclic amines) is 1. The molecule has 0 unspecified atom stereocenters. The number of hydrogen-bond acceptors (Lipinski definition) is 7. The summed E-state index contributed by atoms with van der Waals surface area (Å²) in [4.78, 5) is 45.2. The van der Waals surface area contributed by atoms with Crippen molar-refractivity contribution in [3.05, 3.63) is 87.7 Å². The lowest BCUT2D eigenvalue weighted by Gasteiger charge is -2.35. The van der Waals surface area contributed by atoms with E-state index in [1.165, 1.54) is 16.2 Å². The number of benzene rings is 2. The fraction of sp³-hybridized carbons (Fsp3) is 0.222. The second kappa shape index (κ2) is 7.55. The van der Waals surface area contributed by atoms with Crippen molar-refractivity contribution in [3.8, 4) is 11.5 Å². The summed E-state index contributed by atoms with van der Waals surface area (Å²) in [5.41, 5.74) is 2.75. The first-order chi connectivity index (χ1) is 17.1. The van der Waals surface area contributed by atoms with Gasteiger partial charge < -0.3 is 14.4 Å². The van der Waals surface area contributed by atoms with Crippen LogP contribution in [-0.4, -0.2) is 40.2 Å². The Morgan fingerprint density at radius 2 is 1.80 bits per heavy atom. The molecule has 0 saturated carbocycles. The Morgan fingerprint density at radius 3 is 2.66 bits per heavy atom. The first-order valence-electron chi connectivity index (χ1n) is 11.5. The van der Waals surface area contributed by atoms with Crippen molar-refractivity contribution < 1.29 is 23.9 Å². The quantitative estimate of drug-likeness (QED) is 0.413. The Kier molecular flexibility index (Phi) is 4.41. The number of ether oxygens (including phenoxy) is 2. The highest BCUT2D eigenvalue weighted by Gasteiger charge is 2.64. The number of fused-ring (bicyclic) bond motifs is 6. The molecule has 7 rings (SSSR count). The number of imide groups is 1. The first kappa shape index (κ1) is 20.5. The first-order valence-corrected chi connectivity index (χ1v) is 12.4. The van der Waals surface area contributed by atoms with Crippen molar-refractivity contribution in [2.75, 3.05) is 6.79 Å². The van der Waals surface area contributed by atoms with Crippen molar-refractivity contribution in [1.82, 2.24) is 9.80 Å². The zero-order chi connectivity index (χ0) is 23.7. The van der Waals surface area contributed by atoms with E-state index in [1.807, 2.05) is 59.0 Å². The van der Waals surface area contributed by atoms with Crippen LogP contribution in [0, 0.1) is 11.8 Å². The van der Waals surface area contributed by atoms with E-state index in [1.54, 1.807) is 18.2 Å². The van der Waals surface area contributed by atoms with Gasteiger partial charge in [0.15, 0.2) is 17.3 Å². The van der Waals surface area contributed by atoms with E-state index in [9.17, 15) is 14.4 Å². The van der Waals surface area contributed by atoms with Crippen LogP contribution in [0.1, 0.15) is 32.4 Å². The molecule has 3 aromatic rings. The van der Waals surface area contributed by atoms with E-state index < -0.39 is 17.9 Å². The fourth-order valence-corrected chi connectivity index (χ4v) is 6.56. The van der Waals surface area contributed by atoms with Crippen LogP contribution in [0.25, 0.3) is 6.08 Å². The van der Waals surface area contributed by atoms with E-state index in [0.717, 1.165) is 16.7 Å². The predicted molar refractivity (Wildman–Crippen MR) is 128 cm³/mol. The van der Waals surface area contributed by atoms with Gasteiger partial charge in [-0.1, -0.05) is 36.4 Å². The second-order valence-electron chi connectivity index (χ2n) is 9.12. The van der Waals surface area contributed by atoms with E-state index in [0.29, 0.717) is 16.4 Å². The summed E-state index contributed by atoms with van der Waals surface area (Å²) < 4.78 is 10.8. The molecule has 7 nitrogen and oxygen atoms in total. The van der Waals surface area contributed by atoms with E-state index in [2.05, 4.69) is 0 Å². The average Bonchev–Trinajstić information content (AvgIpc) is 3.66. The summed E-state index contributed by atoms with van der Waals surface area (Å²) in [7, 11) is 0. The molecule has 8 heteroatoms. The average molecular weight is 485 g/mol. The summed E-state index contributed by atoms with van der Waals surface area (Å²) in [5.74, 6) is -0.777. The number of rotatable bonds is 4. The molecule has 4 aliphatic rings. The van der Waals surface area contributed by atoms with Gasteiger partial charge in [-0.2, -0.15) is 0 Å². The number of hydrogen-bond donors (Lipinski definition) is 0. The van der Waals surface area contributed by atoms with Crippen LogP contribution in [0.3, 0.4) is 0 Å². The Hall–Kier alpha value is -3.91. The standard InChI is InChI=1S/C27H20N2O5S/c30-25(20-6-3-11-35-20)24-22-21(23-17-5-2-1-4-16(17)9-10-28(23)24)26(31)29(27(22)32)13-15-7-8-18-19(12-15)34-14-33-18/h1-12,21-24H,13-14H2/t21-,22-,23+,24+/m1/s1. The number of carbonyl (C=O) groups excluding carboxylic acids is 3. The van der Waals surface area contributed by atoms with Crippen LogP contribution in [0.15, 0.2) is 66.2 Å². The fourth-order valence-electron chi connectivity index (χ4n) is 5.86. The zero-order valence-electron chi connectivity index (χ0n) is 18.5. The SMILES string of the molecule is O=C(c1cccs1)[C@@H]1[C@@H]2C(=O)N(Cc3ccc4c(c3)OCO4)C(=O)[C@H]2[C@@H]2c3ccccc3C=CN12.